The van der Waals surface area contributed by atoms with Crippen molar-refractivity contribution in [2.75, 3.05) is 38.2 Å². The second kappa shape index (κ2) is 6.37. The van der Waals surface area contributed by atoms with Gasteiger partial charge in [0.25, 0.3) is 5.91 Å². The van der Waals surface area contributed by atoms with E-state index in [0.717, 1.165) is 6.41 Å². The van der Waals surface area contributed by atoms with Gasteiger partial charge in [-0.2, -0.15) is 0 Å². The molecular formula is C16H19N3O4. The van der Waals surface area contributed by atoms with Crippen molar-refractivity contribution in [3.05, 3.63) is 24.3 Å². The Hall–Kier alpha value is -2.41. The molecule has 2 aliphatic rings. The first-order valence-corrected chi connectivity index (χ1v) is 7.58. The number of imide groups is 1. The van der Waals surface area contributed by atoms with E-state index in [9.17, 15) is 14.4 Å². The molecule has 122 valence electrons. The summed E-state index contributed by atoms with van der Waals surface area (Å²) in [4.78, 5) is 40.6. The molecule has 2 heterocycles. The minimum Gasteiger partial charge on any atom is -0.497 e. The number of nitrogens with zero attached hydrogens (tertiary/aromatic N) is 3. The molecule has 0 bridgehead atoms. The number of carbonyl (C=O) groups excluding carboxylic acids is 3. The molecule has 0 aliphatic carbocycles. The molecule has 1 aromatic rings. The van der Waals surface area contributed by atoms with Gasteiger partial charge in [0, 0.05) is 26.2 Å². The molecule has 0 spiro atoms. The molecule has 0 unspecified atom stereocenters. The number of benzene rings is 1. The summed E-state index contributed by atoms with van der Waals surface area (Å²) >= 11 is 0. The molecule has 0 N–H and O–H groups in total. The molecule has 1 aromatic carbocycles. The number of hydrogen-bond acceptors (Lipinski definition) is 5. The van der Waals surface area contributed by atoms with E-state index in [1.165, 1.54) is 4.90 Å². The summed E-state index contributed by atoms with van der Waals surface area (Å²) in [5.41, 5.74) is 0.565. The largest absolute Gasteiger partial charge is 0.497 e. The average molecular weight is 317 g/mol. The van der Waals surface area contributed by atoms with E-state index in [4.69, 9.17) is 4.74 Å². The lowest BCUT2D eigenvalue weighted by atomic mass is 10.2. The standard InChI is InChI=1S/C16H19N3O4/c1-23-13-4-2-12(3-5-13)19-15(21)10-14(16(19)22)18-8-6-17(11-20)7-9-18/h2-5,11,14H,6-10H2,1H3/t14-/m0/s1. The van der Waals surface area contributed by atoms with Gasteiger partial charge in [-0.1, -0.05) is 0 Å². The van der Waals surface area contributed by atoms with Gasteiger partial charge in [-0.25, -0.2) is 4.90 Å². The Labute approximate surface area is 134 Å². The third-order valence-corrected chi connectivity index (χ3v) is 4.39. The zero-order valence-corrected chi connectivity index (χ0v) is 13.0. The van der Waals surface area contributed by atoms with Crippen LogP contribution in [0.1, 0.15) is 6.42 Å². The highest BCUT2D eigenvalue weighted by atomic mass is 16.5. The number of amides is 3. The van der Waals surface area contributed by atoms with Crippen molar-refractivity contribution in [3.8, 4) is 5.75 Å². The Morgan fingerprint density at radius 3 is 2.30 bits per heavy atom. The second-order valence-corrected chi connectivity index (χ2v) is 5.66. The van der Waals surface area contributed by atoms with Crippen molar-refractivity contribution in [2.45, 2.75) is 12.5 Å². The molecule has 7 nitrogen and oxygen atoms in total. The van der Waals surface area contributed by atoms with E-state index in [1.54, 1.807) is 36.3 Å². The lowest BCUT2D eigenvalue weighted by Gasteiger charge is -2.35. The SMILES string of the molecule is COc1ccc(N2C(=O)C[C@H](N3CCN(C=O)CC3)C2=O)cc1. The van der Waals surface area contributed by atoms with Crippen molar-refractivity contribution < 1.29 is 19.1 Å². The van der Waals surface area contributed by atoms with Crippen LogP contribution in [0, 0.1) is 0 Å². The molecule has 2 aliphatic heterocycles. The Morgan fingerprint density at radius 2 is 1.74 bits per heavy atom. The van der Waals surface area contributed by atoms with E-state index in [0.29, 0.717) is 37.6 Å². The van der Waals surface area contributed by atoms with Gasteiger partial charge in [0.15, 0.2) is 0 Å². The van der Waals surface area contributed by atoms with Gasteiger partial charge in [-0.05, 0) is 24.3 Å². The van der Waals surface area contributed by atoms with Crippen molar-refractivity contribution in [3.63, 3.8) is 0 Å². The zero-order chi connectivity index (χ0) is 16.4. The fraction of sp³-hybridized carbons (Fsp3) is 0.438. The normalized spacial score (nSPS) is 22.6. The topological polar surface area (TPSA) is 70.2 Å². The Balaban J connectivity index is 1.73. The van der Waals surface area contributed by atoms with E-state index in [1.807, 2.05) is 4.90 Å². The predicted molar refractivity (Wildman–Crippen MR) is 83.1 cm³/mol. The molecule has 0 saturated carbocycles. The number of ether oxygens (including phenoxy) is 1. The van der Waals surface area contributed by atoms with Crippen LogP contribution in [-0.4, -0.2) is 67.4 Å². The van der Waals surface area contributed by atoms with Crippen LogP contribution in [0.4, 0.5) is 5.69 Å². The first-order valence-electron chi connectivity index (χ1n) is 7.58. The van der Waals surface area contributed by atoms with E-state index >= 15 is 0 Å². The molecule has 2 saturated heterocycles. The van der Waals surface area contributed by atoms with Crippen molar-refractivity contribution in [2.24, 2.45) is 0 Å². The number of rotatable bonds is 4. The molecular weight excluding hydrogens is 298 g/mol. The fourth-order valence-corrected chi connectivity index (χ4v) is 3.06. The molecule has 1 atom stereocenters. The average Bonchev–Trinajstić information content (AvgIpc) is 2.89. The summed E-state index contributed by atoms with van der Waals surface area (Å²) in [7, 11) is 1.57. The summed E-state index contributed by atoms with van der Waals surface area (Å²) in [5, 5.41) is 0. The van der Waals surface area contributed by atoms with Gasteiger partial charge in [0.1, 0.15) is 5.75 Å². The van der Waals surface area contributed by atoms with Crippen LogP contribution in [0.25, 0.3) is 0 Å². The number of hydrogen-bond donors (Lipinski definition) is 0. The minimum absolute atomic E-state index is 0.186. The van der Waals surface area contributed by atoms with Gasteiger partial charge in [0.05, 0.1) is 25.3 Å². The maximum absolute atomic E-state index is 12.7. The van der Waals surface area contributed by atoms with Crippen LogP contribution in [-0.2, 0) is 14.4 Å². The van der Waals surface area contributed by atoms with Gasteiger partial charge < -0.3 is 9.64 Å². The zero-order valence-electron chi connectivity index (χ0n) is 13.0. The second-order valence-electron chi connectivity index (χ2n) is 5.66. The van der Waals surface area contributed by atoms with Crippen molar-refractivity contribution in [1.82, 2.24) is 9.80 Å². The number of methoxy groups -OCH3 is 1. The molecule has 3 rings (SSSR count). The molecule has 3 amide bonds. The van der Waals surface area contributed by atoms with Gasteiger partial charge in [0.2, 0.25) is 12.3 Å². The highest BCUT2D eigenvalue weighted by molar-refractivity contribution is 6.22. The lowest BCUT2D eigenvalue weighted by molar-refractivity contribution is -0.124. The molecule has 0 radical (unpaired) electrons. The van der Waals surface area contributed by atoms with Crippen LogP contribution < -0.4 is 9.64 Å². The quantitative estimate of drug-likeness (QED) is 0.582. The van der Waals surface area contributed by atoms with Crippen LogP contribution >= 0.6 is 0 Å². The van der Waals surface area contributed by atoms with Crippen LogP contribution in [0.5, 0.6) is 5.75 Å². The van der Waals surface area contributed by atoms with E-state index < -0.39 is 6.04 Å². The first kappa shape index (κ1) is 15.5. The highest BCUT2D eigenvalue weighted by Crippen LogP contribution is 2.27. The fourth-order valence-electron chi connectivity index (χ4n) is 3.06. The summed E-state index contributed by atoms with van der Waals surface area (Å²) in [5.74, 6) is 0.289. The van der Waals surface area contributed by atoms with Crippen LogP contribution in [0.3, 0.4) is 0 Å². The van der Waals surface area contributed by atoms with E-state index in [-0.39, 0.29) is 18.2 Å². The molecule has 2 fully saturated rings. The molecule has 7 heteroatoms. The van der Waals surface area contributed by atoms with Crippen molar-refractivity contribution in [1.29, 1.82) is 0 Å². The Morgan fingerprint density at radius 1 is 1.09 bits per heavy atom. The summed E-state index contributed by atoms with van der Waals surface area (Å²) in [6.07, 6.45) is 1.01. The number of anilines is 1. The lowest BCUT2D eigenvalue weighted by Crippen LogP contribution is -2.52. The maximum atomic E-state index is 12.7. The van der Waals surface area contributed by atoms with Crippen molar-refractivity contribution >= 4 is 23.9 Å². The summed E-state index contributed by atoms with van der Waals surface area (Å²) in [6, 6.07) is 6.44. The third kappa shape index (κ3) is 2.92. The highest BCUT2D eigenvalue weighted by Gasteiger charge is 2.43. The Bertz CT molecular complexity index is 608. The summed E-state index contributed by atoms with van der Waals surface area (Å²) < 4.78 is 5.09. The van der Waals surface area contributed by atoms with Crippen LogP contribution in [0.2, 0.25) is 0 Å². The van der Waals surface area contributed by atoms with Gasteiger partial charge in [-0.15, -0.1) is 0 Å². The van der Waals surface area contributed by atoms with E-state index in [2.05, 4.69) is 0 Å². The molecule has 23 heavy (non-hydrogen) atoms. The predicted octanol–water partition coefficient (Wildman–Crippen LogP) is 0.101. The Kier molecular flexibility index (Phi) is 4.29. The monoisotopic (exact) mass is 317 g/mol. The maximum Gasteiger partial charge on any atom is 0.251 e. The summed E-state index contributed by atoms with van der Waals surface area (Å²) in [6.45, 7) is 2.39. The minimum atomic E-state index is -0.432. The van der Waals surface area contributed by atoms with Crippen LogP contribution in [0.15, 0.2) is 24.3 Å². The number of carbonyl (C=O) groups is 3. The third-order valence-electron chi connectivity index (χ3n) is 4.39. The molecule has 0 aromatic heterocycles. The first-order chi connectivity index (χ1) is 11.1. The van der Waals surface area contributed by atoms with Gasteiger partial charge in [-0.3, -0.25) is 19.3 Å². The smallest absolute Gasteiger partial charge is 0.251 e. The number of piperazine rings is 1. The van der Waals surface area contributed by atoms with Gasteiger partial charge >= 0.3 is 0 Å².